The molecule has 0 unspecified atom stereocenters. The molecule has 4 rings (SSSR count). The van der Waals surface area contributed by atoms with E-state index in [0.717, 1.165) is 33.7 Å². The molecule has 168 valence electrons. The highest BCUT2D eigenvalue weighted by atomic mass is 16.5. The van der Waals surface area contributed by atoms with Crippen LogP contribution in [0.3, 0.4) is 0 Å². The molecule has 0 saturated carbocycles. The van der Waals surface area contributed by atoms with E-state index in [9.17, 15) is 9.59 Å². The van der Waals surface area contributed by atoms with E-state index in [2.05, 4.69) is 17.4 Å². The third-order valence-corrected chi connectivity index (χ3v) is 5.50. The van der Waals surface area contributed by atoms with Crippen molar-refractivity contribution in [3.05, 3.63) is 100 Å². The number of aryl methyl sites for hydroxylation is 4. The molecule has 3 aromatic carbocycles. The predicted molar refractivity (Wildman–Crippen MR) is 131 cm³/mol. The minimum absolute atomic E-state index is 0.166. The number of amides is 2. The highest BCUT2D eigenvalue weighted by Crippen LogP contribution is 2.31. The van der Waals surface area contributed by atoms with Crippen molar-refractivity contribution in [1.29, 1.82) is 0 Å². The van der Waals surface area contributed by atoms with Crippen LogP contribution in [0.5, 0.6) is 5.75 Å². The molecule has 33 heavy (non-hydrogen) atoms. The molecule has 0 aromatic heterocycles. The van der Waals surface area contributed by atoms with Crippen molar-refractivity contribution in [2.45, 2.75) is 27.7 Å². The minimum Gasteiger partial charge on any atom is -0.492 e. The van der Waals surface area contributed by atoms with E-state index in [1.165, 1.54) is 4.90 Å². The molecule has 5 nitrogen and oxygen atoms in total. The fourth-order valence-electron chi connectivity index (χ4n) is 4.23. The lowest BCUT2D eigenvalue weighted by atomic mass is 10.0. The van der Waals surface area contributed by atoms with Crippen molar-refractivity contribution < 1.29 is 14.3 Å². The summed E-state index contributed by atoms with van der Waals surface area (Å²) in [5.41, 5.74) is 6.53. The Kier molecular flexibility index (Phi) is 6.31. The number of carbonyl (C=O) groups is 2. The van der Waals surface area contributed by atoms with Crippen LogP contribution in [0.4, 0.5) is 5.69 Å². The summed E-state index contributed by atoms with van der Waals surface area (Å²) in [7, 11) is 0. The van der Waals surface area contributed by atoms with Crippen LogP contribution in [0.25, 0.3) is 5.57 Å². The van der Waals surface area contributed by atoms with E-state index in [1.54, 1.807) is 0 Å². The Morgan fingerprint density at radius 3 is 1.94 bits per heavy atom. The zero-order chi connectivity index (χ0) is 23.5. The lowest BCUT2D eigenvalue weighted by molar-refractivity contribution is -0.137. The number of ether oxygens (including phenoxy) is 1. The number of hydrogen-bond donors (Lipinski definition) is 1. The first kappa shape index (κ1) is 22.3. The topological polar surface area (TPSA) is 58.6 Å². The van der Waals surface area contributed by atoms with Gasteiger partial charge in [-0.05, 0) is 79.8 Å². The Bertz CT molecular complexity index is 1200. The van der Waals surface area contributed by atoms with Crippen LogP contribution in [-0.2, 0) is 9.59 Å². The summed E-state index contributed by atoms with van der Waals surface area (Å²) in [4.78, 5) is 28.0. The average Bonchev–Trinajstić information content (AvgIpc) is 2.97. The van der Waals surface area contributed by atoms with E-state index in [1.807, 2.05) is 82.3 Å². The van der Waals surface area contributed by atoms with Gasteiger partial charge in [-0.3, -0.25) is 14.5 Å². The second-order valence-corrected chi connectivity index (χ2v) is 8.55. The number of benzene rings is 3. The molecular weight excluding hydrogens is 412 g/mol. The van der Waals surface area contributed by atoms with E-state index < -0.39 is 0 Å². The third-order valence-electron chi connectivity index (χ3n) is 5.50. The zero-order valence-electron chi connectivity index (χ0n) is 19.4. The fraction of sp³-hybridized carbons (Fsp3) is 0.214. The Morgan fingerprint density at radius 2 is 1.33 bits per heavy atom. The molecule has 0 saturated heterocycles. The molecule has 0 radical (unpaired) electrons. The molecule has 3 aromatic rings. The van der Waals surface area contributed by atoms with Gasteiger partial charge in [0.15, 0.2) is 0 Å². The maximum absolute atomic E-state index is 13.4. The Hall–Kier alpha value is -3.86. The van der Waals surface area contributed by atoms with Gasteiger partial charge >= 0.3 is 0 Å². The smallest absolute Gasteiger partial charge is 0.278 e. The summed E-state index contributed by atoms with van der Waals surface area (Å²) < 4.78 is 5.87. The van der Waals surface area contributed by atoms with Gasteiger partial charge in [-0.2, -0.15) is 0 Å². The van der Waals surface area contributed by atoms with Crippen molar-refractivity contribution in [3.63, 3.8) is 0 Å². The molecule has 0 spiro atoms. The summed E-state index contributed by atoms with van der Waals surface area (Å²) in [5.74, 6) is 0.0700. The van der Waals surface area contributed by atoms with Gasteiger partial charge in [-0.15, -0.1) is 0 Å². The van der Waals surface area contributed by atoms with Gasteiger partial charge in [-0.1, -0.05) is 42.5 Å². The van der Waals surface area contributed by atoms with Gasteiger partial charge in [0, 0.05) is 5.69 Å². The van der Waals surface area contributed by atoms with Crippen molar-refractivity contribution in [2.75, 3.05) is 18.5 Å². The Morgan fingerprint density at radius 1 is 0.758 bits per heavy atom. The summed E-state index contributed by atoms with van der Waals surface area (Å²) in [5, 5.41) is 3.23. The van der Waals surface area contributed by atoms with Crippen LogP contribution in [0.1, 0.15) is 27.8 Å². The SMILES string of the molecule is Cc1cc(C)cc(NC2=C(c3ccccc3)C(=O)N(CCOc3cc(C)cc(C)c3)C2=O)c1. The monoisotopic (exact) mass is 440 g/mol. The Labute approximate surface area is 194 Å². The van der Waals surface area contributed by atoms with Crippen LogP contribution in [0.2, 0.25) is 0 Å². The normalized spacial score (nSPS) is 13.6. The standard InChI is InChI=1S/C28H28N2O3/c1-18-12-19(2)15-23(14-18)29-26-25(22-8-6-5-7-9-22)27(31)30(28(26)32)10-11-33-24-16-20(3)13-21(4)17-24/h5-9,12-17,29H,10-11H2,1-4H3. The van der Waals surface area contributed by atoms with Crippen molar-refractivity contribution in [3.8, 4) is 5.75 Å². The van der Waals surface area contributed by atoms with E-state index in [4.69, 9.17) is 4.74 Å². The largest absolute Gasteiger partial charge is 0.492 e. The molecule has 0 fully saturated rings. The number of imide groups is 1. The molecule has 2 amide bonds. The van der Waals surface area contributed by atoms with E-state index in [0.29, 0.717) is 16.8 Å². The highest BCUT2D eigenvalue weighted by Gasteiger charge is 2.39. The molecule has 0 bridgehead atoms. The summed E-state index contributed by atoms with van der Waals surface area (Å²) in [6.45, 7) is 8.41. The predicted octanol–water partition coefficient (Wildman–Crippen LogP) is 5.19. The van der Waals surface area contributed by atoms with Crippen molar-refractivity contribution in [2.24, 2.45) is 0 Å². The van der Waals surface area contributed by atoms with Crippen LogP contribution in [0.15, 0.2) is 72.4 Å². The van der Waals surface area contributed by atoms with E-state index in [-0.39, 0.29) is 25.0 Å². The molecule has 1 aliphatic rings. The molecule has 0 aliphatic carbocycles. The quantitative estimate of drug-likeness (QED) is 0.514. The van der Waals surface area contributed by atoms with Gasteiger partial charge in [0.2, 0.25) is 0 Å². The number of rotatable bonds is 7. The maximum atomic E-state index is 13.4. The minimum atomic E-state index is -0.345. The first-order chi connectivity index (χ1) is 15.8. The molecule has 1 N–H and O–H groups in total. The zero-order valence-corrected chi connectivity index (χ0v) is 19.4. The van der Waals surface area contributed by atoms with Gasteiger partial charge in [-0.25, -0.2) is 0 Å². The van der Waals surface area contributed by atoms with Crippen LogP contribution in [-0.4, -0.2) is 29.9 Å². The highest BCUT2D eigenvalue weighted by molar-refractivity contribution is 6.36. The summed E-state index contributed by atoms with van der Waals surface area (Å²) in [6, 6.07) is 21.3. The van der Waals surface area contributed by atoms with Crippen LogP contribution in [0, 0.1) is 27.7 Å². The number of anilines is 1. The van der Waals surface area contributed by atoms with Crippen molar-refractivity contribution in [1.82, 2.24) is 4.90 Å². The van der Waals surface area contributed by atoms with Gasteiger partial charge < -0.3 is 10.1 Å². The number of nitrogens with zero attached hydrogens (tertiary/aromatic N) is 1. The fourth-order valence-corrected chi connectivity index (χ4v) is 4.23. The van der Waals surface area contributed by atoms with Crippen molar-refractivity contribution >= 4 is 23.1 Å². The summed E-state index contributed by atoms with van der Waals surface area (Å²) >= 11 is 0. The number of nitrogens with one attached hydrogen (secondary N) is 1. The molecular formula is C28H28N2O3. The van der Waals surface area contributed by atoms with Gasteiger partial charge in [0.1, 0.15) is 18.1 Å². The Balaban J connectivity index is 1.59. The van der Waals surface area contributed by atoms with Crippen LogP contribution >= 0.6 is 0 Å². The first-order valence-corrected chi connectivity index (χ1v) is 11.0. The second-order valence-electron chi connectivity index (χ2n) is 8.55. The number of hydrogen-bond acceptors (Lipinski definition) is 4. The molecule has 1 heterocycles. The van der Waals surface area contributed by atoms with E-state index >= 15 is 0 Å². The molecule has 5 heteroatoms. The van der Waals surface area contributed by atoms with Crippen LogP contribution < -0.4 is 10.1 Å². The maximum Gasteiger partial charge on any atom is 0.278 e. The van der Waals surface area contributed by atoms with Gasteiger partial charge in [0.05, 0.1) is 12.1 Å². The first-order valence-electron chi connectivity index (χ1n) is 11.0. The average molecular weight is 441 g/mol. The second kappa shape index (κ2) is 9.33. The van der Waals surface area contributed by atoms with Gasteiger partial charge in [0.25, 0.3) is 11.8 Å². The molecule has 0 atom stereocenters. The third kappa shape index (κ3) is 4.98. The lowest BCUT2D eigenvalue weighted by Gasteiger charge is -2.16. The summed E-state index contributed by atoms with van der Waals surface area (Å²) in [6.07, 6.45) is 0. The lowest BCUT2D eigenvalue weighted by Crippen LogP contribution is -2.36. The molecule has 1 aliphatic heterocycles. The number of carbonyl (C=O) groups excluding carboxylic acids is 2.